The molecule has 1 amide bonds. The number of carbonyl (C=O) groups is 1. The van der Waals surface area contributed by atoms with Crippen molar-refractivity contribution in [3.05, 3.63) is 29.6 Å². The van der Waals surface area contributed by atoms with Crippen LogP contribution in [0.1, 0.15) is 31.1 Å². The van der Waals surface area contributed by atoms with Gasteiger partial charge in [-0.3, -0.25) is 5.32 Å². The van der Waals surface area contributed by atoms with Crippen molar-refractivity contribution in [2.24, 2.45) is 0 Å². The fourth-order valence-electron chi connectivity index (χ4n) is 3.64. The van der Waals surface area contributed by atoms with E-state index in [1.54, 1.807) is 0 Å². The number of aromatic nitrogens is 3. The highest BCUT2D eigenvalue weighted by atomic mass is 19.3. The van der Waals surface area contributed by atoms with Gasteiger partial charge in [0.1, 0.15) is 23.7 Å². The number of alkyl halides is 4. The number of anilines is 2. The molecular formula is C19H20F4N6O2. The number of nitrogens with one attached hydrogen (secondary N) is 2. The number of nitrogens with zero attached hydrogens (tertiary/aromatic N) is 4. The molecule has 4 heterocycles. The molecule has 4 rings (SSSR count). The van der Waals surface area contributed by atoms with Crippen molar-refractivity contribution >= 4 is 17.7 Å². The average Bonchev–Trinajstić information content (AvgIpc) is 2.71. The third-order valence-electron chi connectivity index (χ3n) is 5.11. The molecule has 0 unspecified atom stereocenters. The minimum Gasteiger partial charge on any atom is -0.435 e. The fourth-order valence-corrected chi connectivity index (χ4v) is 3.64. The molecule has 2 aliphatic heterocycles. The molecule has 2 aliphatic rings. The summed E-state index contributed by atoms with van der Waals surface area (Å²) in [6.07, 6.45) is -5.05. The minimum atomic E-state index is -3.20. The number of amides is 1. The quantitative estimate of drug-likeness (QED) is 0.705. The number of hydrogen-bond acceptors (Lipinski definition) is 7. The monoisotopic (exact) mass is 440 g/mol. The first kappa shape index (κ1) is 21.2. The summed E-state index contributed by atoms with van der Waals surface area (Å²) in [5.74, 6) is -3.09. The number of hydrogen-bond donors (Lipinski definition) is 2. The van der Waals surface area contributed by atoms with Gasteiger partial charge in [0.25, 0.3) is 12.3 Å². The van der Waals surface area contributed by atoms with Crippen LogP contribution in [0, 0.1) is 0 Å². The molecule has 0 aliphatic carbocycles. The Morgan fingerprint density at radius 3 is 2.74 bits per heavy atom. The normalized spacial score (nSPS) is 21.5. The summed E-state index contributed by atoms with van der Waals surface area (Å²) in [5, 5.41) is 5.50. The van der Waals surface area contributed by atoms with Crippen LogP contribution in [0.4, 0.5) is 34.0 Å². The zero-order valence-electron chi connectivity index (χ0n) is 16.7. The van der Waals surface area contributed by atoms with Crippen molar-refractivity contribution < 1.29 is 27.1 Å². The van der Waals surface area contributed by atoms with Gasteiger partial charge in [-0.1, -0.05) is 0 Å². The Hall–Kier alpha value is -3.02. The molecular weight excluding hydrogens is 420 g/mol. The van der Waals surface area contributed by atoms with E-state index < -0.39 is 24.5 Å². The largest absolute Gasteiger partial charge is 0.435 e. The van der Waals surface area contributed by atoms with Crippen LogP contribution in [0.25, 0.3) is 11.4 Å². The molecule has 2 N–H and O–H groups in total. The molecule has 8 nitrogen and oxygen atoms in total. The number of halogens is 4. The molecule has 2 atom stereocenters. The summed E-state index contributed by atoms with van der Waals surface area (Å²) in [4.78, 5) is 25.8. The van der Waals surface area contributed by atoms with Crippen molar-refractivity contribution in [3.8, 4) is 11.4 Å². The highest BCUT2D eigenvalue weighted by Crippen LogP contribution is 2.40. The molecule has 0 radical (unpaired) electrons. The number of carbonyl (C=O) groups excluding carboxylic acids is 1. The summed E-state index contributed by atoms with van der Waals surface area (Å²) in [5.41, 5.74) is -0.684. The Balaban J connectivity index is 1.88. The first-order valence-corrected chi connectivity index (χ1v) is 9.63. The van der Waals surface area contributed by atoms with Gasteiger partial charge in [0, 0.05) is 38.2 Å². The van der Waals surface area contributed by atoms with Gasteiger partial charge in [0.05, 0.1) is 11.3 Å². The second-order valence-corrected chi connectivity index (χ2v) is 7.56. The highest BCUT2D eigenvalue weighted by Gasteiger charge is 2.38. The number of piperazine rings is 1. The third-order valence-corrected chi connectivity index (χ3v) is 5.11. The molecule has 1 saturated heterocycles. The van der Waals surface area contributed by atoms with Gasteiger partial charge in [0.15, 0.2) is 6.10 Å². The lowest BCUT2D eigenvalue weighted by Crippen LogP contribution is -2.49. The van der Waals surface area contributed by atoms with Crippen LogP contribution >= 0.6 is 0 Å². The Kier molecular flexibility index (Phi) is 5.42. The second-order valence-electron chi connectivity index (χ2n) is 7.56. The SMILES string of the molecule is C[C@H]1CN(c2cc(C(C)(F)F)cc(-c3ncnc4c3[C@@H](C(F)F)OC(=O)N4)n2)CCN1. The Labute approximate surface area is 175 Å². The Morgan fingerprint density at radius 1 is 1.29 bits per heavy atom. The van der Waals surface area contributed by atoms with Gasteiger partial charge in [0.2, 0.25) is 0 Å². The van der Waals surface area contributed by atoms with E-state index in [4.69, 9.17) is 4.74 Å². The summed E-state index contributed by atoms with van der Waals surface area (Å²) < 4.78 is 60.5. The maximum atomic E-state index is 14.3. The van der Waals surface area contributed by atoms with Crippen LogP contribution < -0.4 is 15.5 Å². The van der Waals surface area contributed by atoms with E-state index in [9.17, 15) is 22.4 Å². The smallest absolute Gasteiger partial charge is 0.413 e. The van der Waals surface area contributed by atoms with Gasteiger partial charge in [-0.05, 0) is 19.1 Å². The van der Waals surface area contributed by atoms with Crippen molar-refractivity contribution in [1.82, 2.24) is 20.3 Å². The van der Waals surface area contributed by atoms with Crippen LogP contribution in [0.3, 0.4) is 0 Å². The van der Waals surface area contributed by atoms with E-state index in [1.165, 1.54) is 6.07 Å². The lowest BCUT2D eigenvalue weighted by molar-refractivity contribution is -0.0170. The minimum absolute atomic E-state index is 0.0377. The zero-order chi connectivity index (χ0) is 22.3. The van der Waals surface area contributed by atoms with Crippen molar-refractivity contribution in [1.29, 1.82) is 0 Å². The zero-order valence-corrected chi connectivity index (χ0v) is 16.7. The first-order chi connectivity index (χ1) is 14.6. The number of rotatable bonds is 4. The predicted molar refractivity (Wildman–Crippen MR) is 103 cm³/mol. The topological polar surface area (TPSA) is 92.3 Å². The lowest BCUT2D eigenvalue weighted by Gasteiger charge is -2.33. The molecule has 2 aromatic heterocycles. The molecule has 1 fully saturated rings. The van der Waals surface area contributed by atoms with E-state index in [2.05, 4.69) is 25.6 Å². The van der Waals surface area contributed by atoms with Crippen molar-refractivity contribution in [2.75, 3.05) is 29.9 Å². The maximum Gasteiger partial charge on any atom is 0.413 e. The lowest BCUT2D eigenvalue weighted by atomic mass is 10.0. The van der Waals surface area contributed by atoms with Crippen LogP contribution in [-0.4, -0.2) is 53.1 Å². The van der Waals surface area contributed by atoms with Crippen molar-refractivity contribution in [3.63, 3.8) is 0 Å². The van der Waals surface area contributed by atoms with Crippen LogP contribution in [0.15, 0.2) is 18.5 Å². The van der Waals surface area contributed by atoms with Gasteiger partial charge >= 0.3 is 6.09 Å². The molecule has 0 spiro atoms. The van der Waals surface area contributed by atoms with E-state index in [0.29, 0.717) is 19.6 Å². The second kappa shape index (κ2) is 7.91. The van der Waals surface area contributed by atoms with Gasteiger partial charge in [-0.15, -0.1) is 0 Å². The van der Waals surface area contributed by atoms with Crippen LogP contribution in [0.5, 0.6) is 0 Å². The number of ether oxygens (including phenoxy) is 1. The molecule has 12 heteroatoms. The molecule has 0 aromatic carbocycles. The number of cyclic esters (lactones) is 1. The highest BCUT2D eigenvalue weighted by molar-refractivity contribution is 5.88. The standard InChI is InChI=1S/C19H20F4N6O2/c1-9-7-29(4-3-24-9)12-6-10(19(2,22)23)5-11(27-12)14-13-15(16(20)21)31-18(30)28-17(13)26-8-25-14/h5-6,8-9,15-16,24H,3-4,7H2,1-2H3,(H,25,26,28,30)/t9-,15-/m0/s1. The predicted octanol–water partition coefficient (Wildman–Crippen LogP) is 3.32. The molecule has 166 valence electrons. The molecule has 2 aromatic rings. The molecule has 31 heavy (non-hydrogen) atoms. The van der Waals surface area contributed by atoms with Crippen molar-refractivity contribution in [2.45, 2.75) is 38.3 Å². The van der Waals surface area contributed by atoms with Gasteiger partial charge < -0.3 is 15.0 Å². The summed E-state index contributed by atoms with van der Waals surface area (Å²) in [6.45, 7) is 4.42. The van der Waals surface area contributed by atoms with Gasteiger partial charge in [-0.2, -0.15) is 0 Å². The summed E-state index contributed by atoms with van der Waals surface area (Å²) in [7, 11) is 0. The Bertz CT molecular complexity index is 1000. The molecule has 0 saturated carbocycles. The summed E-state index contributed by atoms with van der Waals surface area (Å²) >= 11 is 0. The Morgan fingerprint density at radius 2 is 2.06 bits per heavy atom. The third kappa shape index (κ3) is 4.24. The maximum absolute atomic E-state index is 14.3. The fraction of sp³-hybridized carbons (Fsp3) is 0.474. The number of fused-ring (bicyclic) bond motifs is 1. The van der Waals surface area contributed by atoms with Gasteiger partial charge in [-0.25, -0.2) is 37.3 Å². The first-order valence-electron chi connectivity index (χ1n) is 9.63. The average molecular weight is 440 g/mol. The summed E-state index contributed by atoms with van der Waals surface area (Å²) in [6, 6.07) is 2.51. The molecule has 0 bridgehead atoms. The van der Waals surface area contributed by atoms with E-state index >= 15 is 0 Å². The number of pyridine rings is 1. The van der Waals surface area contributed by atoms with E-state index in [-0.39, 0.29) is 40.2 Å². The van der Waals surface area contributed by atoms with E-state index in [1.807, 2.05) is 11.8 Å². The van der Waals surface area contributed by atoms with Crippen LogP contribution in [-0.2, 0) is 10.7 Å². The van der Waals surface area contributed by atoms with E-state index in [0.717, 1.165) is 19.3 Å². The van der Waals surface area contributed by atoms with Crippen LogP contribution in [0.2, 0.25) is 0 Å².